The summed E-state index contributed by atoms with van der Waals surface area (Å²) in [4.78, 5) is 11.5. The molecule has 0 unspecified atom stereocenters. The normalized spacial score (nSPS) is 10.2. The molecule has 0 fully saturated rings. The molecule has 2 aromatic carbocycles. The van der Waals surface area contributed by atoms with Crippen molar-refractivity contribution in [2.24, 2.45) is 0 Å². The molecule has 0 aliphatic carbocycles. The number of carboxylic acids is 1. The predicted octanol–water partition coefficient (Wildman–Crippen LogP) is 2.97. The first-order valence-electron chi connectivity index (χ1n) is 6.19. The molecule has 0 radical (unpaired) electrons. The minimum absolute atomic E-state index is 0.101. The third-order valence-electron chi connectivity index (χ3n) is 3.10. The van der Waals surface area contributed by atoms with E-state index in [2.05, 4.69) is 0 Å². The lowest BCUT2D eigenvalue weighted by molar-refractivity contribution is -0.136. The van der Waals surface area contributed by atoms with Gasteiger partial charge in [0.15, 0.2) is 0 Å². The molecule has 3 N–H and O–H groups in total. The van der Waals surface area contributed by atoms with Crippen LogP contribution in [0.2, 0.25) is 0 Å². The van der Waals surface area contributed by atoms with E-state index >= 15 is 0 Å². The van der Waals surface area contributed by atoms with Crippen molar-refractivity contribution < 1.29 is 9.90 Å². The number of benzene rings is 2. The Labute approximate surface area is 123 Å². The minimum Gasteiger partial charge on any atom is -0.481 e. The van der Waals surface area contributed by atoms with E-state index in [0.717, 1.165) is 11.1 Å². The zero-order valence-corrected chi connectivity index (χ0v) is 11.9. The van der Waals surface area contributed by atoms with E-state index in [1.807, 2.05) is 37.3 Å². The van der Waals surface area contributed by atoms with Crippen molar-refractivity contribution in [3.8, 4) is 0 Å². The molecule has 0 spiro atoms. The second-order valence-electron chi connectivity index (χ2n) is 4.64. The number of carbonyl (C=O) groups is 1. The molecule has 0 atom stereocenters. The third-order valence-corrected chi connectivity index (χ3v) is 3.55. The Morgan fingerprint density at radius 3 is 2.45 bits per heavy atom. The van der Waals surface area contributed by atoms with Crippen LogP contribution in [0, 0.1) is 6.92 Å². The Morgan fingerprint density at radius 2 is 1.85 bits per heavy atom. The predicted molar refractivity (Wildman–Crippen MR) is 84.2 cm³/mol. The lowest BCUT2D eigenvalue weighted by Gasteiger charge is -2.11. The number of aliphatic carboxylic acids is 1. The van der Waals surface area contributed by atoms with Gasteiger partial charge in [-0.25, -0.2) is 0 Å². The molecule has 3 nitrogen and oxygen atoms in total. The van der Waals surface area contributed by atoms with Gasteiger partial charge in [0.05, 0.1) is 11.3 Å². The van der Waals surface area contributed by atoms with Gasteiger partial charge in [-0.2, -0.15) is 0 Å². The number of aryl methyl sites for hydroxylation is 1. The monoisotopic (exact) mass is 285 g/mol. The Kier molecular flexibility index (Phi) is 4.15. The molecule has 20 heavy (non-hydrogen) atoms. The zero-order chi connectivity index (χ0) is 14.7. The number of hydrogen-bond donors (Lipinski definition) is 2. The smallest absolute Gasteiger partial charge is 0.307 e. The van der Waals surface area contributed by atoms with Crippen molar-refractivity contribution in [3.63, 3.8) is 0 Å². The van der Waals surface area contributed by atoms with Crippen molar-refractivity contribution in [1.29, 1.82) is 0 Å². The highest BCUT2D eigenvalue weighted by Crippen LogP contribution is 2.22. The fourth-order valence-corrected chi connectivity index (χ4v) is 2.30. The summed E-state index contributed by atoms with van der Waals surface area (Å²) in [6.07, 6.45) is -0.101. The van der Waals surface area contributed by atoms with Crippen LogP contribution >= 0.6 is 12.2 Å². The van der Waals surface area contributed by atoms with Gasteiger partial charge >= 0.3 is 5.97 Å². The Hall–Kier alpha value is -2.20. The van der Waals surface area contributed by atoms with Crippen LogP contribution < -0.4 is 5.73 Å². The molecule has 0 aromatic heterocycles. The van der Waals surface area contributed by atoms with Crippen LogP contribution in [0.1, 0.15) is 22.3 Å². The van der Waals surface area contributed by atoms with Gasteiger partial charge in [-0.3, -0.25) is 4.79 Å². The molecular weight excluding hydrogens is 270 g/mol. The Morgan fingerprint density at radius 1 is 1.20 bits per heavy atom. The van der Waals surface area contributed by atoms with Crippen molar-refractivity contribution in [3.05, 3.63) is 64.7 Å². The largest absolute Gasteiger partial charge is 0.481 e. The maximum absolute atomic E-state index is 10.8. The molecule has 0 aliphatic rings. The van der Waals surface area contributed by atoms with E-state index < -0.39 is 5.97 Å². The van der Waals surface area contributed by atoms with E-state index in [0.29, 0.717) is 21.7 Å². The number of rotatable bonds is 4. The van der Waals surface area contributed by atoms with Gasteiger partial charge < -0.3 is 10.8 Å². The summed E-state index contributed by atoms with van der Waals surface area (Å²) in [7, 11) is 0. The van der Waals surface area contributed by atoms with E-state index in [1.165, 1.54) is 0 Å². The first-order chi connectivity index (χ1) is 9.49. The van der Waals surface area contributed by atoms with Crippen LogP contribution in [-0.4, -0.2) is 15.9 Å². The number of para-hydroxylation sites is 1. The second kappa shape index (κ2) is 5.84. The van der Waals surface area contributed by atoms with E-state index in [-0.39, 0.29) is 6.42 Å². The average Bonchev–Trinajstić information content (AvgIpc) is 2.41. The minimum atomic E-state index is -0.907. The molecule has 0 heterocycles. The highest BCUT2D eigenvalue weighted by atomic mass is 32.1. The van der Waals surface area contributed by atoms with Crippen LogP contribution in [0.4, 0.5) is 5.69 Å². The highest BCUT2D eigenvalue weighted by molar-refractivity contribution is 7.81. The van der Waals surface area contributed by atoms with Crippen LogP contribution in [-0.2, 0) is 11.2 Å². The summed E-state index contributed by atoms with van der Waals surface area (Å²) in [5.41, 5.74) is 9.86. The summed E-state index contributed by atoms with van der Waals surface area (Å²) in [6.45, 7) is 2.01. The van der Waals surface area contributed by atoms with Crippen LogP contribution in [0.3, 0.4) is 0 Å². The summed E-state index contributed by atoms with van der Waals surface area (Å²) in [6, 6.07) is 13.2. The number of anilines is 1. The molecule has 0 saturated heterocycles. The molecular formula is C16H15NO2S. The van der Waals surface area contributed by atoms with Gasteiger partial charge in [0.25, 0.3) is 0 Å². The maximum Gasteiger partial charge on any atom is 0.307 e. The Balaban J connectivity index is 2.39. The number of hydrogen-bond acceptors (Lipinski definition) is 3. The van der Waals surface area contributed by atoms with Crippen LogP contribution in [0.5, 0.6) is 0 Å². The van der Waals surface area contributed by atoms with E-state index in [1.54, 1.807) is 12.1 Å². The molecule has 102 valence electrons. The third kappa shape index (κ3) is 3.03. The van der Waals surface area contributed by atoms with Crippen LogP contribution in [0.25, 0.3) is 0 Å². The lowest BCUT2D eigenvalue weighted by Crippen LogP contribution is -2.09. The van der Waals surface area contributed by atoms with Crippen LogP contribution in [0.15, 0.2) is 42.5 Å². The molecule has 2 aromatic rings. The number of carboxylic acid groups (broad SMARTS) is 1. The van der Waals surface area contributed by atoms with Crippen molar-refractivity contribution in [1.82, 2.24) is 0 Å². The van der Waals surface area contributed by atoms with E-state index in [9.17, 15) is 4.79 Å². The van der Waals surface area contributed by atoms with Gasteiger partial charge in [-0.05, 0) is 18.1 Å². The van der Waals surface area contributed by atoms with Gasteiger partial charge in [-0.15, -0.1) is 0 Å². The summed E-state index contributed by atoms with van der Waals surface area (Å²) >= 11 is 5.46. The Bertz CT molecular complexity index is 663. The van der Waals surface area contributed by atoms with Crippen molar-refractivity contribution >= 4 is 28.7 Å². The van der Waals surface area contributed by atoms with Gasteiger partial charge in [0.1, 0.15) is 0 Å². The quantitative estimate of drug-likeness (QED) is 0.515. The molecule has 4 heteroatoms. The molecule has 0 bridgehead atoms. The SMILES string of the molecule is Cc1ccc(C(=S)c2cccc(CC(=O)O)c2N)cc1. The van der Waals surface area contributed by atoms with Gasteiger partial charge in [0, 0.05) is 11.3 Å². The first-order valence-corrected chi connectivity index (χ1v) is 6.60. The highest BCUT2D eigenvalue weighted by Gasteiger charge is 2.12. The molecule has 0 aliphatic heterocycles. The number of nitrogens with two attached hydrogens (primary N) is 1. The first kappa shape index (κ1) is 14.2. The topological polar surface area (TPSA) is 63.3 Å². The second-order valence-corrected chi connectivity index (χ2v) is 5.05. The summed E-state index contributed by atoms with van der Waals surface area (Å²) in [5.74, 6) is -0.907. The fourth-order valence-electron chi connectivity index (χ4n) is 1.99. The fraction of sp³-hybridized carbons (Fsp3) is 0.125. The van der Waals surface area contributed by atoms with Gasteiger partial charge in [-0.1, -0.05) is 60.2 Å². The summed E-state index contributed by atoms with van der Waals surface area (Å²) < 4.78 is 0. The van der Waals surface area contributed by atoms with Crippen molar-refractivity contribution in [2.75, 3.05) is 5.73 Å². The lowest BCUT2D eigenvalue weighted by atomic mass is 9.98. The van der Waals surface area contributed by atoms with Crippen molar-refractivity contribution in [2.45, 2.75) is 13.3 Å². The molecule has 0 amide bonds. The number of thiocarbonyl (C=S) groups is 1. The summed E-state index contributed by atoms with van der Waals surface area (Å²) in [5, 5.41) is 8.88. The standard InChI is InChI=1S/C16H15NO2S/c1-10-5-7-11(8-6-10)16(20)13-4-2-3-12(15(13)17)9-14(18)19/h2-8H,9,17H2,1H3,(H,18,19). The molecule has 2 rings (SSSR count). The maximum atomic E-state index is 10.8. The molecule has 0 saturated carbocycles. The zero-order valence-electron chi connectivity index (χ0n) is 11.1. The van der Waals surface area contributed by atoms with E-state index in [4.69, 9.17) is 23.1 Å². The number of nitrogen functional groups attached to an aromatic ring is 1. The average molecular weight is 285 g/mol. The van der Waals surface area contributed by atoms with Gasteiger partial charge in [0.2, 0.25) is 0 Å².